The average Bonchev–Trinajstić information content (AvgIpc) is 2.46. The zero-order chi connectivity index (χ0) is 13.3. The number of rotatable bonds is 2. The molecule has 0 aromatic heterocycles. The molecule has 0 saturated heterocycles. The van der Waals surface area contributed by atoms with Crippen molar-refractivity contribution in [2.75, 3.05) is 19.4 Å². The van der Waals surface area contributed by atoms with Crippen molar-refractivity contribution in [1.82, 2.24) is 5.32 Å². The third-order valence-corrected chi connectivity index (χ3v) is 3.82. The quantitative estimate of drug-likeness (QED) is 0.885. The standard InChI is InChI=1S/C16H19NOS/c1-18-15-8-6-14(7-9-15)13-16-5-3-2-4-10-17-11-12-19-16/h2-4,6-10,13,17H,5,11-12H2,1H3/b3-2-,10-4-,16-13-. The Bertz CT molecular complexity index is 474. The van der Waals surface area contributed by atoms with Gasteiger partial charge in [-0.3, -0.25) is 0 Å². The van der Waals surface area contributed by atoms with Crippen molar-refractivity contribution in [2.24, 2.45) is 0 Å². The van der Waals surface area contributed by atoms with Gasteiger partial charge in [0.1, 0.15) is 5.75 Å². The Morgan fingerprint density at radius 3 is 2.84 bits per heavy atom. The summed E-state index contributed by atoms with van der Waals surface area (Å²) in [5.41, 5.74) is 1.22. The summed E-state index contributed by atoms with van der Waals surface area (Å²) in [5, 5.41) is 3.26. The van der Waals surface area contributed by atoms with Crippen LogP contribution in [0.3, 0.4) is 0 Å². The smallest absolute Gasteiger partial charge is 0.118 e. The lowest BCUT2D eigenvalue weighted by molar-refractivity contribution is 0.415. The summed E-state index contributed by atoms with van der Waals surface area (Å²) in [7, 11) is 1.69. The molecule has 1 aromatic carbocycles. The number of allylic oxidation sites excluding steroid dienone is 4. The molecule has 3 heteroatoms. The van der Waals surface area contributed by atoms with Crippen molar-refractivity contribution in [1.29, 1.82) is 0 Å². The Hall–Kier alpha value is -1.61. The monoisotopic (exact) mass is 273 g/mol. The number of methoxy groups -OCH3 is 1. The van der Waals surface area contributed by atoms with Gasteiger partial charge >= 0.3 is 0 Å². The largest absolute Gasteiger partial charge is 0.497 e. The SMILES string of the molecule is COc1ccc(/C=C2/C/C=C\C=C/NCCS2)cc1. The van der Waals surface area contributed by atoms with E-state index in [0.717, 1.165) is 24.5 Å². The number of benzene rings is 1. The predicted molar refractivity (Wildman–Crippen MR) is 84.3 cm³/mol. The van der Waals surface area contributed by atoms with Gasteiger partial charge in [-0.15, -0.1) is 11.8 Å². The number of nitrogens with one attached hydrogen (secondary N) is 1. The average molecular weight is 273 g/mol. The van der Waals surface area contributed by atoms with E-state index >= 15 is 0 Å². The van der Waals surface area contributed by atoms with E-state index in [1.54, 1.807) is 7.11 Å². The molecule has 0 saturated carbocycles. The minimum atomic E-state index is 0.898. The van der Waals surface area contributed by atoms with E-state index in [-0.39, 0.29) is 0 Å². The molecule has 100 valence electrons. The van der Waals surface area contributed by atoms with Crippen LogP contribution < -0.4 is 10.1 Å². The maximum Gasteiger partial charge on any atom is 0.118 e. The lowest BCUT2D eigenvalue weighted by Gasteiger charge is -2.07. The van der Waals surface area contributed by atoms with Crippen molar-refractivity contribution >= 4 is 17.8 Å². The van der Waals surface area contributed by atoms with Crippen LogP contribution in [0.15, 0.2) is 53.6 Å². The summed E-state index contributed by atoms with van der Waals surface area (Å²) in [6.45, 7) is 0.995. The highest BCUT2D eigenvalue weighted by molar-refractivity contribution is 8.03. The fraction of sp³-hybridized carbons (Fsp3) is 0.250. The molecule has 0 aliphatic carbocycles. The van der Waals surface area contributed by atoms with Crippen molar-refractivity contribution < 1.29 is 4.74 Å². The van der Waals surface area contributed by atoms with Crippen molar-refractivity contribution in [3.63, 3.8) is 0 Å². The lowest BCUT2D eigenvalue weighted by Crippen LogP contribution is -2.09. The van der Waals surface area contributed by atoms with Crippen molar-refractivity contribution in [3.05, 3.63) is 59.2 Å². The van der Waals surface area contributed by atoms with E-state index in [2.05, 4.69) is 35.7 Å². The molecule has 0 spiro atoms. The van der Waals surface area contributed by atoms with Crippen molar-refractivity contribution in [3.8, 4) is 5.75 Å². The predicted octanol–water partition coefficient (Wildman–Crippen LogP) is 3.83. The van der Waals surface area contributed by atoms with Crippen LogP contribution in [-0.4, -0.2) is 19.4 Å². The van der Waals surface area contributed by atoms with Gasteiger partial charge in [-0.2, -0.15) is 0 Å². The first-order valence-electron chi connectivity index (χ1n) is 6.41. The molecular formula is C16H19NOS. The Labute approximate surface area is 119 Å². The Balaban J connectivity index is 2.09. The Kier molecular flexibility index (Phi) is 5.63. The summed E-state index contributed by atoms with van der Waals surface area (Å²) in [6, 6.07) is 8.18. The van der Waals surface area contributed by atoms with Gasteiger partial charge in [0.15, 0.2) is 0 Å². The molecule has 1 N–H and O–H groups in total. The fourth-order valence-corrected chi connectivity index (χ4v) is 2.67. The number of hydrogen-bond acceptors (Lipinski definition) is 3. The Morgan fingerprint density at radius 2 is 2.05 bits per heavy atom. The molecule has 0 fully saturated rings. The molecule has 0 amide bonds. The van der Waals surface area contributed by atoms with Gasteiger partial charge < -0.3 is 10.1 Å². The molecule has 2 rings (SSSR count). The molecular weight excluding hydrogens is 254 g/mol. The summed E-state index contributed by atoms with van der Waals surface area (Å²) in [5.74, 6) is 1.98. The van der Waals surface area contributed by atoms with Gasteiger partial charge in [-0.05, 0) is 47.4 Å². The Morgan fingerprint density at radius 1 is 1.21 bits per heavy atom. The fourth-order valence-electron chi connectivity index (χ4n) is 1.76. The van der Waals surface area contributed by atoms with Gasteiger partial charge in [0.05, 0.1) is 7.11 Å². The zero-order valence-electron chi connectivity index (χ0n) is 11.1. The third kappa shape index (κ3) is 4.87. The molecule has 1 aliphatic heterocycles. The van der Waals surface area contributed by atoms with Crippen LogP contribution in [0.5, 0.6) is 5.75 Å². The van der Waals surface area contributed by atoms with Crippen LogP contribution in [0.2, 0.25) is 0 Å². The van der Waals surface area contributed by atoms with Gasteiger partial charge in [-0.1, -0.05) is 24.3 Å². The van der Waals surface area contributed by atoms with Crippen LogP contribution in [0.1, 0.15) is 12.0 Å². The molecule has 0 atom stereocenters. The summed E-state index contributed by atoms with van der Waals surface area (Å²) in [6.07, 6.45) is 11.5. The number of ether oxygens (including phenoxy) is 1. The van der Waals surface area contributed by atoms with Crippen LogP contribution in [0.25, 0.3) is 6.08 Å². The normalized spacial score (nSPS) is 21.4. The topological polar surface area (TPSA) is 21.3 Å². The second-order valence-electron chi connectivity index (χ2n) is 4.18. The van der Waals surface area contributed by atoms with Gasteiger partial charge in [0, 0.05) is 12.3 Å². The van der Waals surface area contributed by atoms with Crippen molar-refractivity contribution in [2.45, 2.75) is 6.42 Å². The minimum absolute atomic E-state index is 0.898. The molecule has 1 aromatic rings. The molecule has 19 heavy (non-hydrogen) atoms. The summed E-state index contributed by atoms with van der Waals surface area (Å²) >= 11 is 1.91. The van der Waals surface area contributed by atoms with Gasteiger partial charge in [-0.25, -0.2) is 0 Å². The first-order chi connectivity index (χ1) is 9.38. The number of thioether (sulfide) groups is 1. The second kappa shape index (κ2) is 7.74. The third-order valence-electron chi connectivity index (χ3n) is 2.76. The van der Waals surface area contributed by atoms with Crippen LogP contribution in [-0.2, 0) is 0 Å². The van der Waals surface area contributed by atoms with E-state index in [1.165, 1.54) is 10.5 Å². The summed E-state index contributed by atoms with van der Waals surface area (Å²) in [4.78, 5) is 1.39. The van der Waals surface area contributed by atoms with E-state index < -0.39 is 0 Å². The molecule has 0 bridgehead atoms. The first kappa shape index (κ1) is 13.8. The molecule has 2 nitrogen and oxygen atoms in total. The molecule has 0 unspecified atom stereocenters. The van der Waals surface area contributed by atoms with E-state index in [4.69, 9.17) is 4.74 Å². The maximum absolute atomic E-state index is 5.17. The first-order valence-corrected chi connectivity index (χ1v) is 7.39. The minimum Gasteiger partial charge on any atom is -0.497 e. The van der Waals surface area contributed by atoms with Gasteiger partial charge in [0.2, 0.25) is 0 Å². The van der Waals surface area contributed by atoms with E-state index in [1.807, 2.05) is 36.2 Å². The molecule has 1 heterocycles. The van der Waals surface area contributed by atoms with Crippen LogP contribution >= 0.6 is 11.8 Å². The summed E-state index contributed by atoms with van der Waals surface area (Å²) < 4.78 is 5.17. The van der Waals surface area contributed by atoms with Crippen LogP contribution in [0.4, 0.5) is 0 Å². The number of hydrogen-bond donors (Lipinski definition) is 1. The molecule has 1 aliphatic rings. The maximum atomic E-state index is 5.17. The highest BCUT2D eigenvalue weighted by atomic mass is 32.2. The highest BCUT2D eigenvalue weighted by Gasteiger charge is 1.99. The van der Waals surface area contributed by atoms with Crippen LogP contribution in [0, 0.1) is 0 Å². The molecule has 0 radical (unpaired) electrons. The van der Waals surface area contributed by atoms with E-state index in [9.17, 15) is 0 Å². The highest BCUT2D eigenvalue weighted by Crippen LogP contribution is 2.24. The lowest BCUT2D eigenvalue weighted by atomic mass is 10.2. The van der Waals surface area contributed by atoms with E-state index in [0.29, 0.717) is 0 Å². The second-order valence-corrected chi connectivity index (χ2v) is 5.40. The zero-order valence-corrected chi connectivity index (χ0v) is 12.0. The van der Waals surface area contributed by atoms with Gasteiger partial charge in [0.25, 0.3) is 0 Å².